The Labute approximate surface area is 183 Å². The first kappa shape index (κ1) is 19.1. The summed E-state index contributed by atoms with van der Waals surface area (Å²) < 4.78 is 1.71. The molecule has 0 aliphatic carbocycles. The van der Waals surface area contributed by atoms with E-state index in [1.54, 1.807) is 16.9 Å². The highest BCUT2D eigenvalue weighted by Gasteiger charge is 2.20. The van der Waals surface area contributed by atoms with Crippen LogP contribution in [0.4, 0.5) is 11.4 Å². The van der Waals surface area contributed by atoms with Crippen LogP contribution in [0.3, 0.4) is 0 Å². The van der Waals surface area contributed by atoms with Crippen LogP contribution < -0.4 is 10.6 Å². The minimum Gasteiger partial charge on any atom is -0.324 e. The molecule has 0 unspecified atom stereocenters. The molecule has 6 nitrogen and oxygen atoms in total. The molecule has 4 aromatic rings. The maximum Gasteiger partial charge on any atom is 0.259 e. The smallest absolute Gasteiger partial charge is 0.259 e. The lowest BCUT2D eigenvalue weighted by Crippen LogP contribution is -2.19. The molecule has 0 radical (unpaired) electrons. The zero-order chi connectivity index (χ0) is 21.2. The van der Waals surface area contributed by atoms with Crippen molar-refractivity contribution in [2.75, 3.05) is 16.4 Å². The lowest BCUT2D eigenvalue weighted by Gasteiger charge is -2.17. The molecule has 1 aromatic heterocycles. The molecule has 0 bridgehead atoms. The van der Waals surface area contributed by atoms with Gasteiger partial charge in [-0.15, -0.1) is 11.8 Å². The summed E-state index contributed by atoms with van der Waals surface area (Å²) >= 11 is 1.48. The van der Waals surface area contributed by atoms with Crippen LogP contribution in [-0.2, 0) is 4.79 Å². The molecule has 1 aliphatic rings. The monoisotopic (exact) mass is 426 g/mol. The number of carbonyl (C=O) groups is 2. The number of nitrogens with zero attached hydrogens (tertiary/aromatic N) is 2. The lowest BCUT2D eigenvalue weighted by molar-refractivity contribution is -0.113. The summed E-state index contributed by atoms with van der Waals surface area (Å²) in [6.45, 7) is 0. The summed E-state index contributed by atoms with van der Waals surface area (Å²) in [6, 6.07) is 24.8. The van der Waals surface area contributed by atoms with Crippen molar-refractivity contribution >= 4 is 35.0 Å². The van der Waals surface area contributed by atoms with Gasteiger partial charge in [0.1, 0.15) is 5.69 Å². The zero-order valence-corrected chi connectivity index (χ0v) is 17.2. The van der Waals surface area contributed by atoms with Crippen molar-refractivity contribution < 1.29 is 9.59 Å². The van der Waals surface area contributed by atoms with Crippen LogP contribution in [0.25, 0.3) is 16.9 Å². The van der Waals surface area contributed by atoms with Crippen LogP contribution >= 0.6 is 11.8 Å². The van der Waals surface area contributed by atoms with Crippen molar-refractivity contribution in [1.82, 2.24) is 9.78 Å². The highest BCUT2D eigenvalue weighted by molar-refractivity contribution is 8.00. The topological polar surface area (TPSA) is 76.0 Å². The second-order valence-electron chi connectivity index (χ2n) is 7.04. The number of fused-ring (bicyclic) bond motifs is 1. The van der Waals surface area contributed by atoms with Gasteiger partial charge in [0.2, 0.25) is 5.91 Å². The predicted molar refractivity (Wildman–Crippen MR) is 123 cm³/mol. The molecule has 5 rings (SSSR count). The van der Waals surface area contributed by atoms with Crippen molar-refractivity contribution in [1.29, 1.82) is 0 Å². The molecule has 7 heteroatoms. The Hall–Kier alpha value is -3.84. The normalized spacial score (nSPS) is 12.7. The van der Waals surface area contributed by atoms with Crippen molar-refractivity contribution in [2.24, 2.45) is 0 Å². The number of rotatable bonds is 4. The molecule has 2 heterocycles. The number of nitrogens with one attached hydrogen (secondary N) is 2. The molecule has 0 fully saturated rings. The van der Waals surface area contributed by atoms with E-state index in [-0.39, 0.29) is 11.8 Å². The average Bonchev–Trinajstić information content (AvgIpc) is 3.26. The zero-order valence-electron chi connectivity index (χ0n) is 16.4. The van der Waals surface area contributed by atoms with Gasteiger partial charge in [-0.1, -0.05) is 48.5 Å². The molecule has 31 heavy (non-hydrogen) atoms. The number of amides is 2. The van der Waals surface area contributed by atoms with E-state index in [9.17, 15) is 9.59 Å². The van der Waals surface area contributed by atoms with Gasteiger partial charge in [0.05, 0.1) is 22.7 Å². The Bertz CT molecular complexity index is 1270. The maximum atomic E-state index is 13.2. The molecular weight excluding hydrogens is 408 g/mol. The number of anilines is 2. The number of thioether (sulfide) groups is 1. The van der Waals surface area contributed by atoms with Crippen LogP contribution in [0.2, 0.25) is 0 Å². The molecule has 0 saturated heterocycles. The van der Waals surface area contributed by atoms with Gasteiger partial charge in [0, 0.05) is 22.3 Å². The SMILES string of the molecule is O=C1CSc2ccc(NC(=O)c3cn(-c4ccccc4)nc3-c3ccccc3)cc2N1. The Kier molecular flexibility index (Phi) is 5.01. The van der Waals surface area contributed by atoms with Crippen LogP contribution in [0.5, 0.6) is 0 Å². The summed E-state index contributed by atoms with van der Waals surface area (Å²) in [5, 5.41) is 10.5. The van der Waals surface area contributed by atoms with E-state index >= 15 is 0 Å². The van der Waals surface area contributed by atoms with Crippen LogP contribution in [0.15, 0.2) is 90.0 Å². The number of carbonyl (C=O) groups excluding carboxylic acids is 2. The molecule has 2 amide bonds. The van der Waals surface area contributed by atoms with Gasteiger partial charge in [-0.25, -0.2) is 4.68 Å². The molecule has 0 saturated carbocycles. The van der Waals surface area contributed by atoms with Gasteiger partial charge >= 0.3 is 0 Å². The van der Waals surface area contributed by atoms with Gasteiger partial charge in [-0.2, -0.15) is 5.10 Å². The quantitative estimate of drug-likeness (QED) is 0.490. The van der Waals surface area contributed by atoms with Gasteiger partial charge < -0.3 is 10.6 Å². The van der Waals surface area contributed by atoms with Crippen molar-refractivity contribution in [3.63, 3.8) is 0 Å². The van der Waals surface area contributed by atoms with Gasteiger partial charge in [-0.3, -0.25) is 9.59 Å². The third kappa shape index (κ3) is 3.95. The summed E-state index contributed by atoms with van der Waals surface area (Å²) in [6.07, 6.45) is 1.74. The summed E-state index contributed by atoms with van der Waals surface area (Å²) in [4.78, 5) is 25.9. The Balaban J connectivity index is 1.50. The summed E-state index contributed by atoms with van der Waals surface area (Å²) in [5.74, 6) is 0.0879. The van der Waals surface area contributed by atoms with Crippen LogP contribution in [0.1, 0.15) is 10.4 Å². The van der Waals surface area contributed by atoms with Crippen molar-refractivity contribution in [2.45, 2.75) is 4.90 Å². The second-order valence-corrected chi connectivity index (χ2v) is 8.06. The Morgan fingerprint density at radius 2 is 1.74 bits per heavy atom. The van der Waals surface area contributed by atoms with Crippen LogP contribution in [0, 0.1) is 0 Å². The van der Waals surface area contributed by atoms with Crippen LogP contribution in [-0.4, -0.2) is 27.3 Å². The molecule has 152 valence electrons. The largest absolute Gasteiger partial charge is 0.324 e. The first-order valence-electron chi connectivity index (χ1n) is 9.76. The minimum absolute atomic E-state index is 0.0449. The van der Waals surface area contributed by atoms with E-state index in [0.717, 1.165) is 16.1 Å². The highest BCUT2D eigenvalue weighted by Crippen LogP contribution is 2.33. The van der Waals surface area contributed by atoms with Gasteiger partial charge in [0.15, 0.2) is 0 Å². The third-order valence-electron chi connectivity index (χ3n) is 4.90. The minimum atomic E-state index is -0.268. The second kappa shape index (κ2) is 8.12. The number of benzene rings is 3. The van der Waals surface area contributed by atoms with E-state index in [2.05, 4.69) is 15.7 Å². The molecule has 2 N–H and O–H groups in total. The fourth-order valence-electron chi connectivity index (χ4n) is 3.42. The van der Waals surface area contributed by atoms with E-state index in [1.807, 2.05) is 72.8 Å². The standard InChI is InChI=1S/C24H18N4O2S/c29-22-15-31-21-12-11-17(13-20(21)26-22)25-24(30)19-14-28(18-9-5-2-6-10-18)27-23(19)16-7-3-1-4-8-16/h1-14H,15H2,(H,25,30)(H,26,29). The molecule has 0 atom stereocenters. The van der Waals surface area contributed by atoms with E-state index in [1.165, 1.54) is 11.8 Å². The fraction of sp³-hybridized carbons (Fsp3) is 0.0417. The van der Waals surface area contributed by atoms with Gasteiger partial charge in [-0.05, 0) is 30.3 Å². The summed E-state index contributed by atoms with van der Waals surface area (Å²) in [7, 11) is 0. The van der Waals surface area contributed by atoms with Crippen molar-refractivity contribution in [3.8, 4) is 16.9 Å². The first-order chi connectivity index (χ1) is 15.2. The number of hydrogen-bond acceptors (Lipinski definition) is 4. The van der Waals surface area contributed by atoms with E-state index < -0.39 is 0 Å². The predicted octanol–water partition coefficient (Wildman–Crippen LogP) is 4.84. The first-order valence-corrected chi connectivity index (χ1v) is 10.7. The van der Waals surface area contributed by atoms with E-state index in [4.69, 9.17) is 0 Å². The van der Waals surface area contributed by atoms with Gasteiger partial charge in [0.25, 0.3) is 5.91 Å². The van der Waals surface area contributed by atoms with Crippen molar-refractivity contribution in [3.05, 3.63) is 90.6 Å². The molecule has 1 aliphatic heterocycles. The third-order valence-corrected chi connectivity index (χ3v) is 5.97. The number of aromatic nitrogens is 2. The molecule has 3 aromatic carbocycles. The Morgan fingerprint density at radius 1 is 1.00 bits per heavy atom. The highest BCUT2D eigenvalue weighted by atomic mass is 32.2. The average molecular weight is 427 g/mol. The van der Waals surface area contributed by atoms with E-state index in [0.29, 0.717) is 28.4 Å². The molecular formula is C24H18N4O2S. The number of para-hydroxylation sites is 1. The summed E-state index contributed by atoms with van der Waals surface area (Å²) in [5.41, 5.74) is 4.11. The maximum absolute atomic E-state index is 13.2. The number of hydrogen-bond donors (Lipinski definition) is 2. The Morgan fingerprint density at radius 3 is 2.52 bits per heavy atom. The fourth-order valence-corrected chi connectivity index (χ4v) is 4.21. The molecule has 0 spiro atoms. The lowest BCUT2D eigenvalue weighted by atomic mass is 10.1.